The van der Waals surface area contributed by atoms with Crippen LogP contribution >= 0.6 is 0 Å². The Bertz CT molecular complexity index is 518. The first kappa shape index (κ1) is 12.5. The summed E-state index contributed by atoms with van der Waals surface area (Å²) in [6.45, 7) is 0.521. The second kappa shape index (κ2) is 5.56. The van der Waals surface area contributed by atoms with Crippen LogP contribution < -0.4 is 4.74 Å². The number of hydrogen-bond acceptors (Lipinski definition) is 3. The summed E-state index contributed by atoms with van der Waals surface area (Å²) in [4.78, 5) is 0. The molecule has 3 heteroatoms. The molecule has 0 saturated heterocycles. The molecule has 3 nitrogen and oxygen atoms in total. The van der Waals surface area contributed by atoms with Crippen LogP contribution in [0.1, 0.15) is 5.56 Å². The lowest BCUT2D eigenvalue weighted by atomic mass is 9.99. The number of benzene rings is 2. The van der Waals surface area contributed by atoms with Crippen LogP contribution in [0.3, 0.4) is 0 Å². The normalized spacial score (nSPS) is 10.3. The third-order valence-corrected chi connectivity index (χ3v) is 2.79. The van der Waals surface area contributed by atoms with Crippen LogP contribution in [0.2, 0.25) is 0 Å². The van der Waals surface area contributed by atoms with Gasteiger partial charge in [-0.3, -0.25) is 0 Å². The molecule has 2 aromatic carbocycles. The van der Waals surface area contributed by atoms with Crippen LogP contribution in [-0.4, -0.2) is 19.3 Å². The number of hydrogen-bond donors (Lipinski definition) is 1. The van der Waals surface area contributed by atoms with Crippen molar-refractivity contribution in [2.45, 2.75) is 6.61 Å². The van der Waals surface area contributed by atoms with Crippen LogP contribution in [0.5, 0.6) is 11.5 Å². The molecule has 0 bridgehead atoms. The molecule has 0 saturated carbocycles. The molecule has 0 heterocycles. The second-order valence-electron chi connectivity index (χ2n) is 4.00. The Hall–Kier alpha value is -2.00. The molecule has 94 valence electrons. The highest BCUT2D eigenvalue weighted by Crippen LogP contribution is 2.29. The van der Waals surface area contributed by atoms with Crippen LogP contribution in [-0.2, 0) is 11.3 Å². The van der Waals surface area contributed by atoms with Gasteiger partial charge in [0.15, 0.2) is 0 Å². The molecular weight excluding hydrogens is 228 g/mol. The number of aromatic hydroxyl groups is 1. The number of phenols is 1. The zero-order chi connectivity index (χ0) is 13.0. The first-order valence-electron chi connectivity index (χ1n) is 5.70. The first-order valence-corrected chi connectivity index (χ1v) is 5.70. The summed E-state index contributed by atoms with van der Waals surface area (Å²) in [6, 6.07) is 13.0. The maximum Gasteiger partial charge on any atom is 0.119 e. The fourth-order valence-electron chi connectivity index (χ4n) is 1.89. The van der Waals surface area contributed by atoms with Crippen molar-refractivity contribution in [2.24, 2.45) is 0 Å². The highest BCUT2D eigenvalue weighted by molar-refractivity contribution is 5.68. The van der Waals surface area contributed by atoms with Gasteiger partial charge in [-0.15, -0.1) is 0 Å². The lowest BCUT2D eigenvalue weighted by Gasteiger charge is -2.11. The smallest absolute Gasteiger partial charge is 0.119 e. The van der Waals surface area contributed by atoms with E-state index in [1.165, 1.54) is 0 Å². The molecule has 0 radical (unpaired) electrons. The quantitative estimate of drug-likeness (QED) is 0.897. The topological polar surface area (TPSA) is 38.7 Å². The Morgan fingerprint density at radius 3 is 2.33 bits per heavy atom. The van der Waals surface area contributed by atoms with Gasteiger partial charge in [-0.25, -0.2) is 0 Å². The molecule has 0 aliphatic carbocycles. The molecule has 1 N–H and O–H groups in total. The van der Waals surface area contributed by atoms with Crippen LogP contribution in [0.15, 0.2) is 42.5 Å². The Balaban J connectivity index is 2.45. The van der Waals surface area contributed by atoms with Crippen molar-refractivity contribution in [2.75, 3.05) is 14.2 Å². The van der Waals surface area contributed by atoms with Crippen LogP contribution in [0, 0.1) is 0 Å². The van der Waals surface area contributed by atoms with Crippen LogP contribution in [0.25, 0.3) is 11.1 Å². The Kier molecular flexibility index (Phi) is 3.85. The molecule has 18 heavy (non-hydrogen) atoms. The van der Waals surface area contributed by atoms with Gasteiger partial charge >= 0.3 is 0 Å². The minimum atomic E-state index is 0.264. The van der Waals surface area contributed by atoms with Crippen molar-refractivity contribution >= 4 is 0 Å². The summed E-state index contributed by atoms with van der Waals surface area (Å²) in [5.41, 5.74) is 3.18. The van der Waals surface area contributed by atoms with E-state index in [0.29, 0.717) is 6.61 Å². The molecule has 0 atom stereocenters. The third-order valence-electron chi connectivity index (χ3n) is 2.79. The molecule has 2 aromatic rings. The minimum absolute atomic E-state index is 0.264. The highest BCUT2D eigenvalue weighted by atomic mass is 16.5. The third kappa shape index (κ3) is 2.63. The van der Waals surface area contributed by atoms with Gasteiger partial charge in [0.25, 0.3) is 0 Å². The van der Waals surface area contributed by atoms with Crippen LogP contribution in [0.4, 0.5) is 0 Å². The zero-order valence-electron chi connectivity index (χ0n) is 10.5. The van der Waals surface area contributed by atoms with E-state index in [1.54, 1.807) is 26.4 Å². The molecule has 0 aliphatic rings. The number of ether oxygens (including phenoxy) is 2. The predicted octanol–water partition coefficient (Wildman–Crippen LogP) is 3.21. The maximum atomic E-state index is 9.31. The van der Waals surface area contributed by atoms with Crippen molar-refractivity contribution in [3.05, 3.63) is 48.0 Å². The number of rotatable bonds is 4. The molecule has 0 fully saturated rings. The molecular formula is C15H16O3. The van der Waals surface area contributed by atoms with E-state index in [4.69, 9.17) is 9.47 Å². The number of methoxy groups -OCH3 is 2. The Morgan fingerprint density at radius 2 is 1.72 bits per heavy atom. The van der Waals surface area contributed by atoms with E-state index in [0.717, 1.165) is 22.4 Å². The molecule has 0 aromatic heterocycles. The average molecular weight is 244 g/mol. The molecule has 0 spiro atoms. The SMILES string of the molecule is COCc1cc(OC)ccc1-c1ccc(O)cc1. The largest absolute Gasteiger partial charge is 0.508 e. The Morgan fingerprint density at radius 1 is 1.00 bits per heavy atom. The zero-order valence-corrected chi connectivity index (χ0v) is 10.5. The lowest BCUT2D eigenvalue weighted by molar-refractivity contribution is 0.185. The monoisotopic (exact) mass is 244 g/mol. The maximum absolute atomic E-state index is 9.31. The highest BCUT2D eigenvalue weighted by Gasteiger charge is 2.06. The summed E-state index contributed by atoms with van der Waals surface area (Å²) in [7, 11) is 3.31. The van der Waals surface area contributed by atoms with Gasteiger partial charge in [-0.05, 0) is 41.0 Å². The van der Waals surface area contributed by atoms with E-state index in [-0.39, 0.29) is 5.75 Å². The van der Waals surface area contributed by atoms with Crippen molar-refractivity contribution < 1.29 is 14.6 Å². The van der Waals surface area contributed by atoms with E-state index >= 15 is 0 Å². The van der Waals surface area contributed by atoms with E-state index in [2.05, 4.69) is 0 Å². The fraction of sp³-hybridized carbons (Fsp3) is 0.200. The van der Waals surface area contributed by atoms with Crippen molar-refractivity contribution in [1.82, 2.24) is 0 Å². The van der Waals surface area contributed by atoms with E-state index in [9.17, 15) is 5.11 Å². The summed E-state index contributed by atoms with van der Waals surface area (Å²) < 4.78 is 10.4. The molecule has 0 amide bonds. The van der Waals surface area contributed by atoms with Gasteiger partial charge in [0.1, 0.15) is 11.5 Å². The molecule has 0 aliphatic heterocycles. The average Bonchev–Trinajstić information content (AvgIpc) is 2.40. The summed E-state index contributed by atoms with van der Waals surface area (Å²) >= 11 is 0. The van der Waals surface area contributed by atoms with Gasteiger partial charge < -0.3 is 14.6 Å². The predicted molar refractivity (Wildman–Crippen MR) is 70.8 cm³/mol. The van der Waals surface area contributed by atoms with Crippen molar-refractivity contribution in [1.29, 1.82) is 0 Å². The summed E-state index contributed by atoms with van der Waals surface area (Å²) in [5, 5.41) is 9.31. The second-order valence-corrected chi connectivity index (χ2v) is 4.00. The number of phenolic OH excluding ortho intramolecular Hbond substituents is 1. The first-order chi connectivity index (χ1) is 8.74. The van der Waals surface area contributed by atoms with Gasteiger partial charge in [-0.1, -0.05) is 18.2 Å². The van der Waals surface area contributed by atoms with Gasteiger partial charge in [0.05, 0.1) is 13.7 Å². The molecule has 0 unspecified atom stereocenters. The molecule has 2 rings (SSSR count). The minimum Gasteiger partial charge on any atom is -0.508 e. The van der Waals surface area contributed by atoms with E-state index < -0.39 is 0 Å². The Labute approximate surface area is 107 Å². The van der Waals surface area contributed by atoms with Gasteiger partial charge in [-0.2, -0.15) is 0 Å². The summed E-state index contributed by atoms with van der Waals surface area (Å²) in [5.74, 6) is 1.07. The summed E-state index contributed by atoms with van der Waals surface area (Å²) in [6.07, 6.45) is 0. The van der Waals surface area contributed by atoms with Crippen molar-refractivity contribution in [3.8, 4) is 22.6 Å². The standard InChI is InChI=1S/C15H16O3/c1-17-10-12-9-14(18-2)7-8-15(12)11-3-5-13(16)6-4-11/h3-9,16H,10H2,1-2H3. The lowest BCUT2D eigenvalue weighted by Crippen LogP contribution is -1.94. The fourth-order valence-corrected chi connectivity index (χ4v) is 1.89. The van der Waals surface area contributed by atoms with E-state index in [1.807, 2.05) is 30.3 Å². The van der Waals surface area contributed by atoms with Crippen molar-refractivity contribution in [3.63, 3.8) is 0 Å². The van der Waals surface area contributed by atoms with Gasteiger partial charge in [0.2, 0.25) is 0 Å². The van der Waals surface area contributed by atoms with Gasteiger partial charge in [0, 0.05) is 7.11 Å².